The lowest BCUT2D eigenvalue weighted by Crippen LogP contribution is -2.33. The van der Waals surface area contributed by atoms with Crippen molar-refractivity contribution < 1.29 is 28.9 Å². The number of rotatable bonds is 10. The number of carboxylic acid groups (broad SMARTS) is 1. The van der Waals surface area contributed by atoms with Gasteiger partial charge in [-0.2, -0.15) is 0 Å². The van der Waals surface area contributed by atoms with Crippen molar-refractivity contribution >= 4 is 16.9 Å². The molecule has 0 bridgehead atoms. The molecule has 0 aliphatic carbocycles. The number of hydrogen-bond acceptors (Lipinski definition) is 6. The minimum absolute atomic E-state index is 0.101. The van der Waals surface area contributed by atoms with Crippen LogP contribution in [0.4, 0.5) is 0 Å². The molecule has 7 heteroatoms. The predicted molar refractivity (Wildman–Crippen MR) is 99.5 cm³/mol. The number of para-hydroxylation sites is 1. The second-order valence-corrected chi connectivity index (χ2v) is 5.95. The minimum Gasteiger partial charge on any atom is -0.492 e. The fraction of sp³-hybridized carbons (Fsp3) is 0.250. The summed E-state index contributed by atoms with van der Waals surface area (Å²) in [4.78, 5) is 10.9. The molecule has 0 spiro atoms. The van der Waals surface area contributed by atoms with Gasteiger partial charge in [-0.25, -0.2) is 4.79 Å². The molecule has 0 aliphatic rings. The van der Waals surface area contributed by atoms with E-state index in [9.17, 15) is 9.90 Å². The summed E-state index contributed by atoms with van der Waals surface area (Å²) in [5.74, 6) is 0.138. The molecule has 142 valence electrons. The van der Waals surface area contributed by atoms with E-state index in [1.807, 2.05) is 30.3 Å². The molecule has 0 fully saturated rings. The fourth-order valence-electron chi connectivity index (χ4n) is 2.49. The summed E-state index contributed by atoms with van der Waals surface area (Å²) in [6.07, 6.45) is -0.623. The Morgan fingerprint density at radius 2 is 1.89 bits per heavy atom. The fourth-order valence-corrected chi connectivity index (χ4v) is 2.49. The lowest BCUT2D eigenvalue weighted by atomic mass is 10.2. The molecule has 3 N–H and O–H groups in total. The molecule has 1 aromatic heterocycles. The zero-order valence-electron chi connectivity index (χ0n) is 14.6. The highest BCUT2D eigenvalue weighted by molar-refractivity contribution is 5.91. The van der Waals surface area contributed by atoms with E-state index in [0.717, 1.165) is 5.75 Å². The van der Waals surface area contributed by atoms with Gasteiger partial charge in [0.05, 0.1) is 0 Å². The first-order chi connectivity index (χ1) is 13.1. The molecule has 0 saturated heterocycles. The highest BCUT2D eigenvalue weighted by Gasteiger charge is 2.11. The van der Waals surface area contributed by atoms with Crippen molar-refractivity contribution in [2.45, 2.75) is 6.10 Å². The van der Waals surface area contributed by atoms with Crippen LogP contribution in [0.15, 0.2) is 59.0 Å². The number of fused-ring (bicyclic) bond motifs is 1. The van der Waals surface area contributed by atoms with Gasteiger partial charge in [-0.15, -0.1) is 0 Å². The Kier molecular flexibility index (Phi) is 6.30. The zero-order chi connectivity index (χ0) is 19.1. The van der Waals surface area contributed by atoms with E-state index in [4.69, 9.17) is 19.0 Å². The topological polar surface area (TPSA) is 101 Å². The van der Waals surface area contributed by atoms with Gasteiger partial charge in [-0.3, -0.25) is 0 Å². The van der Waals surface area contributed by atoms with Crippen molar-refractivity contribution in [3.8, 4) is 11.5 Å². The van der Waals surface area contributed by atoms with Crippen LogP contribution < -0.4 is 14.8 Å². The van der Waals surface area contributed by atoms with E-state index in [2.05, 4.69) is 5.32 Å². The van der Waals surface area contributed by atoms with Crippen molar-refractivity contribution in [2.24, 2.45) is 0 Å². The van der Waals surface area contributed by atoms with Gasteiger partial charge in [0.15, 0.2) is 0 Å². The third kappa shape index (κ3) is 5.47. The summed E-state index contributed by atoms with van der Waals surface area (Å²) < 4.78 is 16.3. The Morgan fingerprint density at radius 1 is 1.07 bits per heavy atom. The summed E-state index contributed by atoms with van der Waals surface area (Å²) in [6.45, 7) is 1.55. The Bertz CT molecular complexity index is 877. The molecule has 2 aromatic carbocycles. The first-order valence-electron chi connectivity index (χ1n) is 8.58. The SMILES string of the molecule is O=C(O)c1cc2cc(OCCNC[C@H](O)COc3ccccc3)ccc2o1. The second-order valence-electron chi connectivity index (χ2n) is 5.95. The highest BCUT2D eigenvalue weighted by atomic mass is 16.5. The normalized spacial score (nSPS) is 12.0. The van der Waals surface area contributed by atoms with Gasteiger partial charge in [-0.05, 0) is 36.4 Å². The molecular weight excluding hydrogens is 350 g/mol. The average molecular weight is 371 g/mol. The molecule has 0 aliphatic heterocycles. The smallest absolute Gasteiger partial charge is 0.371 e. The van der Waals surface area contributed by atoms with Gasteiger partial charge >= 0.3 is 5.97 Å². The van der Waals surface area contributed by atoms with E-state index >= 15 is 0 Å². The zero-order valence-corrected chi connectivity index (χ0v) is 14.6. The van der Waals surface area contributed by atoms with E-state index < -0.39 is 12.1 Å². The lowest BCUT2D eigenvalue weighted by molar-refractivity contribution is 0.0665. The standard InChI is InChI=1S/C20H21NO6/c22-15(13-26-16-4-2-1-3-5-16)12-21-8-9-25-17-6-7-18-14(10-17)11-19(27-18)20(23)24/h1-7,10-11,15,21-22H,8-9,12-13H2,(H,23,24)/t15-/m0/s1. The minimum atomic E-state index is -1.10. The van der Waals surface area contributed by atoms with Crippen LogP contribution in [0.25, 0.3) is 11.0 Å². The van der Waals surface area contributed by atoms with Crippen LogP contribution in [0.5, 0.6) is 11.5 Å². The van der Waals surface area contributed by atoms with Crippen molar-refractivity contribution in [3.63, 3.8) is 0 Å². The Morgan fingerprint density at radius 3 is 2.67 bits per heavy atom. The van der Waals surface area contributed by atoms with Crippen LogP contribution in [0.2, 0.25) is 0 Å². The molecular formula is C20H21NO6. The second kappa shape index (κ2) is 9.07. The maximum absolute atomic E-state index is 10.9. The number of benzene rings is 2. The average Bonchev–Trinajstić information content (AvgIpc) is 3.11. The molecule has 1 atom stereocenters. The number of ether oxygens (including phenoxy) is 2. The van der Waals surface area contributed by atoms with Crippen LogP contribution in [0.3, 0.4) is 0 Å². The molecule has 3 rings (SSSR count). The summed E-state index contributed by atoms with van der Waals surface area (Å²) in [7, 11) is 0. The Labute approximate surface area is 156 Å². The van der Waals surface area contributed by atoms with Gasteiger partial charge in [0.25, 0.3) is 0 Å². The number of carbonyl (C=O) groups is 1. The highest BCUT2D eigenvalue weighted by Crippen LogP contribution is 2.24. The lowest BCUT2D eigenvalue weighted by Gasteiger charge is -2.13. The van der Waals surface area contributed by atoms with Crippen LogP contribution in [0.1, 0.15) is 10.6 Å². The third-order valence-corrected chi connectivity index (χ3v) is 3.81. The van der Waals surface area contributed by atoms with Crippen LogP contribution in [0, 0.1) is 0 Å². The van der Waals surface area contributed by atoms with Crippen molar-refractivity contribution in [3.05, 3.63) is 60.4 Å². The third-order valence-electron chi connectivity index (χ3n) is 3.81. The van der Waals surface area contributed by atoms with Gasteiger partial charge in [0, 0.05) is 18.5 Å². The summed E-state index contributed by atoms with van der Waals surface area (Å²) in [6, 6.07) is 15.9. The van der Waals surface area contributed by atoms with Crippen LogP contribution in [-0.4, -0.2) is 48.6 Å². The van der Waals surface area contributed by atoms with Crippen LogP contribution >= 0.6 is 0 Å². The molecule has 27 heavy (non-hydrogen) atoms. The number of aliphatic hydroxyl groups excluding tert-OH is 1. The van der Waals surface area contributed by atoms with Crippen molar-refractivity contribution in [2.75, 3.05) is 26.3 Å². The number of carboxylic acids is 1. The largest absolute Gasteiger partial charge is 0.492 e. The van der Waals surface area contributed by atoms with Gasteiger partial charge in [0.2, 0.25) is 5.76 Å². The first kappa shape index (κ1) is 18.8. The molecule has 7 nitrogen and oxygen atoms in total. The number of furan rings is 1. The van der Waals surface area contributed by atoms with Crippen LogP contribution in [-0.2, 0) is 0 Å². The number of nitrogens with one attached hydrogen (secondary N) is 1. The maximum atomic E-state index is 10.9. The predicted octanol–water partition coefficient (Wildman–Crippen LogP) is 2.54. The molecule has 0 saturated carbocycles. The van der Waals surface area contributed by atoms with E-state index in [1.54, 1.807) is 18.2 Å². The number of hydrogen-bond donors (Lipinski definition) is 3. The molecule has 0 radical (unpaired) electrons. The van der Waals surface area contributed by atoms with Gasteiger partial charge < -0.3 is 29.4 Å². The Balaban J connectivity index is 1.36. The summed E-state index contributed by atoms with van der Waals surface area (Å²) >= 11 is 0. The molecule has 0 unspecified atom stereocenters. The molecule has 3 aromatic rings. The summed E-state index contributed by atoms with van der Waals surface area (Å²) in [5, 5.41) is 22.6. The number of aromatic carboxylic acids is 1. The Hall–Kier alpha value is -3.03. The van der Waals surface area contributed by atoms with E-state index in [0.29, 0.717) is 36.4 Å². The first-order valence-corrected chi connectivity index (χ1v) is 8.58. The van der Waals surface area contributed by atoms with Gasteiger partial charge in [-0.1, -0.05) is 18.2 Å². The van der Waals surface area contributed by atoms with Gasteiger partial charge in [0.1, 0.15) is 36.4 Å². The van der Waals surface area contributed by atoms with E-state index in [1.165, 1.54) is 6.07 Å². The van der Waals surface area contributed by atoms with E-state index in [-0.39, 0.29) is 12.4 Å². The molecule has 1 heterocycles. The number of aliphatic hydroxyl groups is 1. The quantitative estimate of drug-likeness (QED) is 0.471. The van der Waals surface area contributed by atoms with Crippen molar-refractivity contribution in [1.82, 2.24) is 5.32 Å². The summed E-state index contributed by atoms with van der Waals surface area (Å²) in [5.41, 5.74) is 0.499. The monoisotopic (exact) mass is 371 g/mol. The maximum Gasteiger partial charge on any atom is 0.371 e. The van der Waals surface area contributed by atoms with Crippen molar-refractivity contribution in [1.29, 1.82) is 0 Å². The molecule has 0 amide bonds.